The van der Waals surface area contributed by atoms with Crippen LogP contribution in [-0.4, -0.2) is 39.6 Å². The molecule has 8 nitrogen and oxygen atoms in total. The van der Waals surface area contributed by atoms with Crippen LogP contribution in [0.15, 0.2) is 23.1 Å². The molecule has 1 atom stereocenters. The number of hydrogen-bond donors (Lipinski definition) is 3. The minimum Gasteiger partial charge on any atom is -0.495 e. The minimum atomic E-state index is -3.62. The Morgan fingerprint density at radius 1 is 1.41 bits per heavy atom. The molecule has 2 rings (SSSR count). The normalized spacial score (nSPS) is 16.3. The number of rotatable bonds is 9. The predicted molar refractivity (Wildman–Crippen MR) is 102 cm³/mol. The first-order chi connectivity index (χ1) is 12.6. The second-order valence-corrected chi connectivity index (χ2v) is 8.84. The summed E-state index contributed by atoms with van der Waals surface area (Å²) in [4.78, 5) is 12.3. The first-order valence-corrected chi connectivity index (χ1v) is 10.3. The number of carbonyl (C=O) groups excluding carboxylic acids is 1. The molecule has 0 aliphatic heterocycles. The van der Waals surface area contributed by atoms with Gasteiger partial charge in [0.25, 0.3) is 0 Å². The van der Waals surface area contributed by atoms with Gasteiger partial charge in [-0.15, -0.1) is 0 Å². The summed E-state index contributed by atoms with van der Waals surface area (Å²) in [6.07, 6.45) is 1.68. The summed E-state index contributed by atoms with van der Waals surface area (Å²) in [5.74, 6) is -0.0257. The molecule has 1 unspecified atom stereocenters. The van der Waals surface area contributed by atoms with Crippen molar-refractivity contribution < 1.29 is 17.9 Å². The van der Waals surface area contributed by atoms with Gasteiger partial charge in [-0.2, -0.15) is 5.26 Å². The largest absolute Gasteiger partial charge is 0.495 e. The van der Waals surface area contributed by atoms with Crippen molar-refractivity contribution >= 4 is 21.6 Å². The Morgan fingerprint density at radius 3 is 2.59 bits per heavy atom. The van der Waals surface area contributed by atoms with Gasteiger partial charge in [0, 0.05) is 6.04 Å². The monoisotopic (exact) mass is 394 g/mol. The Labute approximate surface area is 160 Å². The van der Waals surface area contributed by atoms with E-state index in [0.717, 1.165) is 12.8 Å². The molecule has 27 heavy (non-hydrogen) atoms. The van der Waals surface area contributed by atoms with Crippen LogP contribution in [0.2, 0.25) is 0 Å². The van der Waals surface area contributed by atoms with Gasteiger partial charge in [-0.3, -0.25) is 4.79 Å². The van der Waals surface area contributed by atoms with Gasteiger partial charge in [-0.05, 0) is 43.9 Å². The molecule has 1 aliphatic carbocycles. The summed E-state index contributed by atoms with van der Waals surface area (Å²) in [6, 6.07) is 6.54. The second-order valence-electron chi connectivity index (χ2n) is 7.13. The highest BCUT2D eigenvalue weighted by Crippen LogP contribution is 2.29. The fraction of sp³-hybridized carbons (Fsp3) is 0.556. The van der Waals surface area contributed by atoms with Crippen molar-refractivity contribution in [1.82, 2.24) is 10.0 Å². The van der Waals surface area contributed by atoms with E-state index < -0.39 is 15.6 Å². The standard InChI is InChI=1S/C18H26N4O4S/c1-12(2)18(3,11-19)21-17(23)10-20-15-9-14(7-8-16(15)26-4)27(24,25)22-13-5-6-13/h7-9,12-13,20,22H,5-6,10H2,1-4H3,(H,21,23). The summed E-state index contributed by atoms with van der Waals surface area (Å²) in [6.45, 7) is 5.23. The maximum atomic E-state index is 12.4. The van der Waals surface area contributed by atoms with Crippen molar-refractivity contribution in [2.75, 3.05) is 19.0 Å². The molecule has 0 spiro atoms. The zero-order valence-corrected chi connectivity index (χ0v) is 16.8. The van der Waals surface area contributed by atoms with Gasteiger partial charge in [0.1, 0.15) is 11.3 Å². The van der Waals surface area contributed by atoms with Crippen molar-refractivity contribution in [1.29, 1.82) is 5.26 Å². The lowest BCUT2D eigenvalue weighted by molar-refractivity contribution is -0.121. The van der Waals surface area contributed by atoms with E-state index >= 15 is 0 Å². The van der Waals surface area contributed by atoms with Gasteiger partial charge >= 0.3 is 0 Å². The van der Waals surface area contributed by atoms with E-state index in [9.17, 15) is 18.5 Å². The number of benzene rings is 1. The highest BCUT2D eigenvalue weighted by molar-refractivity contribution is 7.89. The van der Waals surface area contributed by atoms with Crippen LogP contribution < -0.4 is 20.1 Å². The quantitative estimate of drug-likeness (QED) is 0.585. The minimum absolute atomic E-state index is 0.000943. The Balaban J connectivity index is 2.12. The fourth-order valence-corrected chi connectivity index (χ4v) is 3.62. The third kappa shape index (κ3) is 5.34. The van der Waals surface area contributed by atoms with Gasteiger partial charge in [-0.25, -0.2) is 13.1 Å². The zero-order chi connectivity index (χ0) is 20.2. The average molecular weight is 394 g/mol. The first-order valence-electron chi connectivity index (χ1n) is 8.78. The molecule has 1 amide bonds. The maximum Gasteiger partial charge on any atom is 0.240 e. The fourth-order valence-electron chi connectivity index (χ4n) is 2.29. The Kier molecular flexibility index (Phi) is 6.34. The van der Waals surface area contributed by atoms with E-state index in [1.54, 1.807) is 6.92 Å². The molecule has 9 heteroatoms. The summed E-state index contributed by atoms with van der Waals surface area (Å²) in [5.41, 5.74) is -0.600. The molecular formula is C18H26N4O4S. The predicted octanol–water partition coefficient (Wildman–Crippen LogP) is 1.60. The Hall–Kier alpha value is -2.31. The molecule has 1 aliphatic rings. The average Bonchev–Trinajstić information content (AvgIpc) is 3.42. The van der Waals surface area contributed by atoms with Gasteiger partial charge in [-0.1, -0.05) is 13.8 Å². The van der Waals surface area contributed by atoms with Crippen molar-refractivity contribution in [3.63, 3.8) is 0 Å². The lowest BCUT2D eigenvalue weighted by Gasteiger charge is -2.27. The summed E-state index contributed by atoms with van der Waals surface area (Å²) >= 11 is 0. The van der Waals surface area contributed by atoms with E-state index in [4.69, 9.17) is 4.74 Å². The molecule has 0 heterocycles. The summed E-state index contributed by atoms with van der Waals surface area (Å²) < 4.78 is 32.6. The van der Waals surface area contributed by atoms with Crippen molar-refractivity contribution in [3.05, 3.63) is 18.2 Å². The molecule has 148 valence electrons. The number of ether oxygens (including phenoxy) is 1. The lowest BCUT2D eigenvalue weighted by Crippen LogP contribution is -2.50. The zero-order valence-electron chi connectivity index (χ0n) is 16.0. The van der Waals surface area contributed by atoms with E-state index in [1.807, 2.05) is 13.8 Å². The van der Waals surface area contributed by atoms with Crippen LogP contribution in [0.5, 0.6) is 5.75 Å². The number of sulfonamides is 1. The van der Waals surface area contributed by atoms with Crippen LogP contribution in [0.3, 0.4) is 0 Å². The van der Waals surface area contributed by atoms with Gasteiger partial charge in [0.05, 0.1) is 30.3 Å². The number of carbonyl (C=O) groups is 1. The number of amides is 1. The Bertz CT molecular complexity index is 843. The molecule has 0 saturated heterocycles. The number of anilines is 1. The van der Waals surface area contributed by atoms with Crippen LogP contribution in [0.25, 0.3) is 0 Å². The van der Waals surface area contributed by atoms with Crippen LogP contribution in [-0.2, 0) is 14.8 Å². The number of methoxy groups -OCH3 is 1. The molecule has 0 bridgehead atoms. The van der Waals surface area contributed by atoms with Crippen LogP contribution >= 0.6 is 0 Å². The third-order valence-corrected chi connectivity index (χ3v) is 6.12. The van der Waals surface area contributed by atoms with Crippen molar-refractivity contribution in [2.45, 2.75) is 50.1 Å². The van der Waals surface area contributed by atoms with E-state index in [2.05, 4.69) is 21.4 Å². The number of hydrogen-bond acceptors (Lipinski definition) is 6. The summed E-state index contributed by atoms with van der Waals surface area (Å²) in [7, 11) is -2.16. The molecule has 1 aromatic rings. The SMILES string of the molecule is COc1ccc(S(=O)(=O)NC2CC2)cc1NCC(=O)NC(C)(C#N)C(C)C. The van der Waals surface area contributed by atoms with E-state index in [1.165, 1.54) is 25.3 Å². The van der Waals surface area contributed by atoms with Crippen LogP contribution in [0.4, 0.5) is 5.69 Å². The van der Waals surface area contributed by atoms with Crippen LogP contribution in [0, 0.1) is 17.2 Å². The van der Waals surface area contributed by atoms with Crippen molar-refractivity contribution in [3.8, 4) is 11.8 Å². The smallest absolute Gasteiger partial charge is 0.240 e. The van der Waals surface area contributed by atoms with E-state index in [-0.39, 0.29) is 29.3 Å². The first kappa shape index (κ1) is 21.0. The lowest BCUT2D eigenvalue weighted by atomic mass is 9.90. The molecule has 3 N–H and O–H groups in total. The van der Waals surface area contributed by atoms with Gasteiger partial charge in [0.15, 0.2) is 0 Å². The molecule has 0 aromatic heterocycles. The molecular weight excluding hydrogens is 368 g/mol. The Morgan fingerprint density at radius 2 is 2.07 bits per heavy atom. The van der Waals surface area contributed by atoms with Gasteiger partial charge < -0.3 is 15.4 Å². The molecule has 1 fully saturated rings. The number of nitrogens with zero attached hydrogens (tertiary/aromatic N) is 1. The third-order valence-electron chi connectivity index (χ3n) is 4.61. The molecule has 1 saturated carbocycles. The summed E-state index contributed by atoms with van der Waals surface area (Å²) in [5, 5.41) is 14.9. The van der Waals surface area contributed by atoms with Gasteiger partial charge in [0.2, 0.25) is 15.9 Å². The highest BCUT2D eigenvalue weighted by atomic mass is 32.2. The number of nitrogens with one attached hydrogen (secondary N) is 3. The topological polar surface area (TPSA) is 120 Å². The van der Waals surface area contributed by atoms with E-state index in [0.29, 0.717) is 11.4 Å². The second kappa shape index (κ2) is 8.15. The molecule has 0 radical (unpaired) electrons. The highest BCUT2D eigenvalue weighted by Gasteiger charge is 2.30. The number of nitriles is 1. The molecule has 1 aromatic carbocycles. The van der Waals surface area contributed by atoms with Crippen LogP contribution in [0.1, 0.15) is 33.6 Å². The maximum absolute atomic E-state index is 12.4. The van der Waals surface area contributed by atoms with Crippen molar-refractivity contribution in [2.24, 2.45) is 5.92 Å².